The molecular formula is C23H31FN4O3S2. The first kappa shape index (κ1) is 24.3. The Morgan fingerprint density at radius 1 is 1.21 bits per heavy atom. The topological polar surface area (TPSA) is 81.8 Å². The molecule has 2 fully saturated rings. The number of nitrogens with one attached hydrogen (secondary N) is 2. The Labute approximate surface area is 199 Å². The number of nitrogens with zero attached hydrogens (tertiary/aromatic N) is 2. The third-order valence-electron chi connectivity index (χ3n) is 6.55. The zero-order valence-electron chi connectivity index (χ0n) is 18.7. The van der Waals surface area contributed by atoms with Crippen molar-refractivity contribution >= 4 is 27.3 Å². The fourth-order valence-electron chi connectivity index (χ4n) is 4.63. The Morgan fingerprint density at radius 3 is 2.70 bits per heavy atom. The Morgan fingerprint density at radius 2 is 2.00 bits per heavy atom. The Hall–Kier alpha value is -1.85. The first-order valence-corrected chi connectivity index (χ1v) is 13.7. The number of hydrogen-bond acceptors (Lipinski definition) is 6. The second kappa shape index (κ2) is 10.6. The molecule has 10 heteroatoms. The number of carbonyl (C=O) groups excluding carboxylic acids is 1. The van der Waals surface area contributed by atoms with Crippen molar-refractivity contribution in [3.63, 3.8) is 0 Å². The zero-order chi connectivity index (χ0) is 23.4. The standard InChI is InChI=1S/C23H31FN4O3S2/c1-27(11-3-7-20-16-21(26-25-20)18-5-2-6-19(24)15-18)23(29)17-9-12-28(13-10-17)33(30,31)22-8-4-14-32-22/h2,4-6,8,14-15,17,20-21,25-26H,3,7,9-13,16H2,1H3. The zero-order valence-corrected chi connectivity index (χ0v) is 20.4. The highest BCUT2D eigenvalue weighted by Gasteiger charge is 2.33. The normalized spacial score (nSPS) is 22.5. The third kappa shape index (κ3) is 5.81. The van der Waals surface area contributed by atoms with Gasteiger partial charge in [-0.2, -0.15) is 4.31 Å². The van der Waals surface area contributed by atoms with Gasteiger partial charge in [0.1, 0.15) is 10.0 Å². The van der Waals surface area contributed by atoms with E-state index in [9.17, 15) is 17.6 Å². The van der Waals surface area contributed by atoms with E-state index < -0.39 is 10.0 Å². The predicted molar refractivity (Wildman–Crippen MR) is 126 cm³/mol. The van der Waals surface area contributed by atoms with Gasteiger partial charge in [0, 0.05) is 44.7 Å². The summed E-state index contributed by atoms with van der Waals surface area (Å²) in [6, 6.07) is 10.4. The molecule has 4 rings (SSSR count). The largest absolute Gasteiger partial charge is 0.346 e. The maximum Gasteiger partial charge on any atom is 0.252 e. The highest BCUT2D eigenvalue weighted by molar-refractivity contribution is 7.91. The van der Waals surface area contributed by atoms with Crippen LogP contribution >= 0.6 is 11.3 Å². The lowest BCUT2D eigenvalue weighted by molar-refractivity contribution is -0.135. The average molecular weight is 495 g/mol. The maximum atomic E-state index is 13.5. The van der Waals surface area contributed by atoms with Gasteiger partial charge in [-0.1, -0.05) is 18.2 Å². The number of rotatable bonds is 8. The molecule has 0 radical (unpaired) electrons. The van der Waals surface area contributed by atoms with Crippen molar-refractivity contribution < 1.29 is 17.6 Å². The van der Waals surface area contributed by atoms with E-state index in [2.05, 4.69) is 10.9 Å². The van der Waals surface area contributed by atoms with Crippen molar-refractivity contribution in [2.45, 2.75) is 48.4 Å². The average Bonchev–Trinajstić information content (AvgIpc) is 3.52. The molecule has 1 aromatic heterocycles. The van der Waals surface area contributed by atoms with Crippen molar-refractivity contribution in [3.8, 4) is 0 Å². The van der Waals surface area contributed by atoms with Crippen LogP contribution in [0, 0.1) is 11.7 Å². The predicted octanol–water partition coefficient (Wildman–Crippen LogP) is 3.13. The second-order valence-electron chi connectivity index (χ2n) is 8.84. The number of hydrogen-bond donors (Lipinski definition) is 2. The lowest BCUT2D eigenvalue weighted by Crippen LogP contribution is -2.43. The van der Waals surface area contributed by atoms with Gasteiger partial charge in [-0.3, -0.25) is 15.6 Å². The fourth-order valence-corrected chi connectivity index (χ4v) is 7.25. The summed E-state index contributed by atoms with van der Waals surface area (Å²) in [4.78, 5) is 14.7. The molecule has 2 unspecified atom stereocenters. The summed E-state index contributed by atoms with van der Waals surface area (Å²) in [6.45, 7) is 1.42. The van der Waals surface area contributed by atoms with Crippen LogP contribution in [0.1, 0.15) is 43.7 Å². The Bertz CT molecular complexity index is 1040. The van der Waals surface area contributed by atoms with Gasteiger partial charge in [0.25, 0.3) is 10.0 Å². The third-order valence-corrected chi connectivity index (χ3v) is 9.82. The highest BCUT2D eigenvalue weighted by atomic mass is 32.2. The molecule has 2 aromatic rings. The summed E-state index contributed by atoms with van der Waals surface area (Å²) in [5, 5.41) is 1.76. The van der Waals surface area contributed by atoms with E-state index in [1.807, 2.05) is 13.1 Å². The van der Waals surface area contributed by atoms with Crippen molar-refractivity contribution in [3.05, 3.63) is 53.2 Å². The molecule has 0 saturated carbocycles. The number of piperidine rings is 1. The minimum absolute atomic E-state index is 0.0840. The Kier molecular flexibility index (Phi) is 7.80. The van der Waals surface area contributed by atoms with Crippen LogP contribution in [0.15, 0.2) is 46.0 Å². The van der Waals surface area contributed by atoms with E-state index in [0.29, 0.717) is 36.7 Å². The highest BCUT2D eigenvalue weighted by Crippen LogP contribution is 2.28. The molecule has 2 aliphatic rings. The van der Waals surface area contributed by atoms with Gasteiger partial charge in [0.15, 0.2) is 0 Å². The number of sulfonamides is 1. The number of halogens is 1. The van der Waals surface area contributed by atoms with E-state index in [0.717, 1.165) is 24.8 Å². The summed E-state index contributed by atoms with van der Waals surface area (Å²) < 4.78 is 40.7. The number of carbonyl (C=O) groups is 1. The summed E-state index contributed by atoms with van der Waals surface area (Å²) in [5.74, 6) is -0.264. The van der Waals surface area contributed by atoms with Crippen LogP contribution < -0.4 is 10.9 Å². The van der Waals surface area contributed by atoms with E-state index in [-0.39, 0.29) is 29.7 Å². The molecule has 2 aliphatic heterocycles. The minimum atomic E-state index is -3.45. The molecule has 1 amide bonds. The van der Waals surface area contributed by atoms with Crippen molar-refractivity contribution in [1.82, 2.24) is 20.1 Å². The lowest BCUT2D eigenvalue weighted by Gasteiger charge is -2.32. The van der Waals surface area contributed by atoms with Crippen LogP contribution in [0.4, 0.5) is 4.39 Å². The van der Waals surface area contributed by atoms with E-state index in [1.165, 1.54) is 21.7 Å². The molecule has 0 bridgehead atoms. The van der Waals surface area contributed by atoms with Gasteiger partial charge in [0.05, 0.1) is 0 Å². The molecule has 1 aromatic carbocycles. The minimum Gasteiger partial charge on any atom is -0.346 e. The van der Waals surface area contributed by atoms with Crippen LogP contribution in [-0.2, 0) is 14.8 Å². The number of thiophene rings is 1. The van der Waals surface area contributed by atoms with Crippen LogP contribution in [0.5, 0.6) is 0 Å². The van der Waals surface area contributed by atoms with Crippen molar-refractivity contribution in [2.75, 3.05) is 26.7 Å². The summed E-state index contributed by atoms with van der Waals surface area (Å²) in [7, 11) is -1.62. The van der Waals surface area contributed by atoms with E-state index >= 15 is 0 Å². The van der Waals surface area contributed by atoms with Crippen LogP contribution in [0.25, 0.3) is 0 Å². The molecule has 2 N–H and O–H groups in total. The summed E-state index contributed by atoms with van der Waals surface area (Å²) in [5.41, 5.74) is 7.46. The van der Waals surface area contributed by atoms with Gasteiger partial charge in [-0.15, -0.1) is 11.3 Å². The summed E-state index contributed by atoms with van der Waals surface area (Å²) in [6.07, 6.45) is 3.75. The lowest BCUT2D eigenvalue weighted by atomic mass is 9.96. The molecule has 3 heterocycles. The van der Waals surface area contributed by atoms with Gasteiger partial charge in [-0.05, 0) is 61.2 Å². The van der Waals surface area contributed by atoms with Crippen molar-refractivity contribution in [1.29, 1.82) is 0 Å². The molecule has 0 aliphatic carbocycles. The quantitative estimate of drug-likeness (QED) is 0.589. The molecule has 180 valence electrons. The molecule has 33 heavy (non-hydrogen) atoms. The fraction of sp³-hybridized carbons (Fsp3) is 0.522. The molecule has 2 atom stereocenters. The van der Waals surface area contributed by atoms with Gasteiger partial charge in [-0.25, -0.2) is 12.8 Å². The van der Waals surface area contributed by atoms with Crippen LogP contribution in [0.2, 0.25) is 0 Å². The summed E-state index contributed by atoms with van der Waals surface area (Å²) >= 11 is 1.22. The van der Waals surface area contributed by atoms with Crippen LogP contribution in [-0.4, -0.2) is 56.3 Å². The van der Waals surface area contributed by atoms with Crippen LogP contribution in [0.3, 0.4) is 0 Å². The SMILES string of the molecule is CN(CCCC1CC(c2cccc(F)c2)NN1)C(=O)C1CCN(S(=O)(=O)c2cccs2)CC1. The molecule has 2 saturated heterocycles. The van der Waals surface area contributed by atoms with E-state index in [1.54, 1.807) is 34.5 Å². The van der Waals surface area contributed by atoms with E-state index in [4.69, 9.17) is 0 Å². The maximum absolute atomic E-state index is 13.5. The smallest absolute Gasteiger partial charge is 0.252 e. The second-order valence-corrected chi connectivity index (χ2v) is 12.0. The molecule has 0 spiro atoms. The number of hydrazine groups is 1. The molecule has 7 nitrogen and oxygen atoms in total. The van der Waals surface area contributed by atoms with Gasteiger partial charge < -0.3 is 4.90 Å². The van der Waals surface area contributed by atoms with Gasteiger partial charge in [0.2, 0.25) is 5.91 Å². The number of benzene rings is 1. The molecular weight excluding hydrogens is 463 g/mol. The first-order valence-electron chi connectivity index (χ1n) is 11.4. The monoisotopic (exact) mass is 494 g/mol. The Balaban J connectivity index is 1.18. The van der Waals surface area contributed by atoms with Gasteiger partial charge >= 0.3 is 0 Å². The van der Waals surface area contributed by atoms with Crippen molar-refractivity contribution in [2.24, 2.45) is 5.92 Å². The number of amides is 1. The first-order chi connectivity index (χ1) is 15.8.